The third-order valence-electron chi connectivity index (χ3n) is 3.22. The van der Waals surface area contributed by atoms with E-state index in [0.29, 0.717) is 16.8 Å². The number of nitrogens with zero attached hydrogens (tertiary/aromatic N) is 1. The molecule has 2 N–H and O–H groups in total. The van der Waals surface area contributed by atoms with E-state index in [1.807, 2.05) is 0 Å². The molecule has 22 heavy (non-hydrogen) atoms. The molecule has 7 heteroatoms. The van der Waals surface area contributed by atoms with Crippen molar-refractivity contribution in [3.05, 3.63) is 69.1 Å². The zero-order valence-electron chi connectivity index (χ0n) is 11.5. The molecule has 0 aliphatic rings. The van der Waals surface area contributed by atoms with Crippen molar-refractivity contribution < 1.29 is 9.21 Å². The summed E-state index contributed by atoms with van der Waals surface area (Å²) in [6, 6.07) is 10.3. The van der Waals surface area contributed by atoms with Crippen LogP contribution in [0, 0.1) is 0 Å². The summed E-state index contributed by atoms with van der Waals surface area (Å²) in [6.07, 6.45) is 1.51. The Bertz CT molecular complexity index is 922. The number of hydrogen-bond donors (Lipinski definition) is 2. The molecule has 0 aliphatic heterocycles. The quantitative estimate of drug-likeness (QED) is 0.689. The maximum Gasteiger partial charge on any atom is 0.317 e. The van der Waals surface area contributed by atoms with Gasteiger partial charge in [-0.2, -0.15) is 0 Å². The lowest BCUT2D eigenvalue weighted by Crippen LogP contribution is -2.40. The van der Waals surface area contributed by atoms with Gasteiger partial charge in [0.15, 0.2) is 0 Å². The van der Waals surface area contributed by atoms with Crippen LogP contribution in [0.3, 0.4) is 0 Å². The van der Waals surface area contributed by atoms with Crippen LogP contribution in [0.1, 0.15) is 5.76 Å². The van der Waals surface area contributed by atoms with E-state index in [-0.39, 0.29) is 19.0 Å². The van der Waals surface area contributed by atoms with Crippen molar-refractivity contribution in [3.63, 3.8) is 0 Å². The summed E-state index contributed by atoms with van der Waals surface area (Å²) in [6.45, 7) is -0.00825. The van der Waals surface area contributed by atoms with Crippen molar-refractivity contribution in [2.45, 2.75) is 13.1 Å². The Morgan fingerprint density at radius 1 is 1.18 bits per heavy atom. The number of aromatic nitrogens is 2. The molecule has 1 amide bonds. The fourth-order valence-corrected chi connectivity index (χ4v) is 2.18. The lowest BCUT2D eigenvalue weighted by Gasteiger charge is -2.09. The van der Waals surface area contributed by atoms with E-state index in [1.54, 1.807) is 36.4 Å². The molecule has 0 atom stereocenters. The molecule has 0 bridgehead atoms. The SMILES string of the molecule is O=C(Cn1c(=O)c(=O)[nH]c2ccccc21)NCc1ccco1. The first kappa shape index (κ1) is 13.9. The number of fused-ring (bicyclic) bond motifs is 1. The maximum absolute atomic E-state index is 12.0. The van der Waals surface area contributed by atoms with Gasteiger partial charge in [-0.25, -0.2) is 0 Å². The summed E-state index contributed by atoms with van der Waals surface area (Å²) in [4.78, 5) is 38.1. The van der Waals surface area contributed by atoms with Crippen LogP contribution in [-0.2, 0) is 17.9 Å². The smallest absolute Gasteiger partial charge is 0.317 e. The number of amides is 1. The molecule has 1 aromatic carbocycles. The molecule has 2 aromatic heterocycles. The van der Waals surface area contributed by atoms with Crippen molar-refractivity contribution in [1.29, 1.82) is 0 Å². The predicted octanol–water partition coefficient (Wildman–Crippen LogP) is 0.599. The van der Waals surface area contributed by atoms with Crippen molar-refractivity contribution >= 4 is 16.9 Å². The average Bonchev–Trinajstić information content (AvgIpc) is 3.03. The number of benzene rings is 1. The summed E-state index contributed by atoms with van der Waals surface area (Å²) in [5.41, 5.74) is -0.504. The molecule has 7 nitrogen and oxygen atoms in total. The first-order chi connectivity index (χ1) is 10.6. The van der Waals surface area contributed by atoms with E-state index in [0.717, 1.165) is 4.57 Å². The largest absolute Gasteiger partial charge is 0.467 e. The number of rotatable bonds is 4. The van der Waals surface area contributed by atoms with Crippen molar-refractivity contribution in [2.24, 2.45) is 0 Å². The van der Waals surface area contributed by atoms with Gasteiger partial charge in [0.25, 0.3) is 0 Å². The molecule has 2 heterocycles. The fraction of sp³-hybridized carbons (Fsp3) is 0.133. The van der Waals surface area contributed by atoms with Gasteiger partial charge in [0.05, 0.1) is 23.8 Å². The van der Waals surface area contributed by atoms with Gasteiger partial charge in [0.2, 0.25) is 5.91 Å². The lowest BCUT2D eigenvalue weighted by atomic mass is 10.3. The second-order valence-electron chi connectivity index (χ2n) is 4.72. The highest BCUT2D eigenvalue weighted by molar-refractivity contribution is 5.79. The van der Waals surface area contributed by atoms with Crippen LogP contribution in [0.2, 0.25) is 0 Å². The number of hydrogen-bond acceptors (Lipinski definition) is 4. The number of carbonyl (C=O) groups is 1. The second-order valence-corrected chi connectivity index (χ2v) is 4.72. The first-order valence-electron chi connectivity index (χ1n) is 6.66. The summed E-state index contributed by atoms with van der Waals surface area (Å²) in [5.74, 6) is 0.228. The molecular weight excluding hydrogens is 286 g/mol. The number of furan rings is 1. The average molecular weight is 299 g/mol. The van der Waals surface area contributed by atoms with Gasteiger partial charge >= 0.3 is 11.1 Å². The number of aromatic amines is 1. The Hall–Kier alpha value is -3.09. The van der Waals surface area contributed by atoms with E-state index in [4.69, 9.17) is 4.42 Å². The molecule has 0 saturated heterocycles. The second kappa shape index (κ2) is 5.72. The van der Waals surface area contributed by atoms with Crippen LogP contribution in [0.4, 0.5) is 0 Å². The zero-order valence-corrected chi connectivity index (χ0v) is 11.5. The number of nitrogens with one attached hydrogen (secondary N) is 2. The molecule has 0 fully saturated rings. The van der Waals surface area contributed by atoms with E-state index >= 15 is 0 Å². The third-order valence-corrected chi connectivity index (χ3v) is 3.22. The van der Waals surface area contributed by atoms with Gasteiger partial charge < -0.3 is 14.7 Å². The molecule has 0 aliphatic carbocycles. The molecule has 0 radical (unpaired) electrons. The highest BCUT2D eigenvalue weighted by Crippen LogP contribution is 2.07. The molecular formula is C15H13N3O4. The molecule has 0 spiro atoms. The van der Waals surface area contributed by atoms with Gasteiger partial charge in [0, 0.05) is 0 Å². The van der Waals surface area contributed by atoms with Crippen LogP contribution >= 0.6 is 0 Å². The Labute approximate surface area is 124 Å². The van der Waals surface area contributed by atoms with Crippen LogP contribution in [0.5, 0.6) is 0 Å². The molecule has 112 valence electrons. The van der Waals surface area contributed by atoms with E-state index in [1.165, 1.54) is 6.26 Å². The predicted molar refractivity (Wildman–Crippen MR) is 79.4 cm³/mol. The van der Waals surface area contributed by atoms with Crippen molar-refractivity contribution in [3.8, 4) is 0 Å². The van der Waals surface area contributed by atoms with Gasteiger partial charge in [-0.05, 0) is 24.3 Å². The van der Waals surface area contributed by atoms with Crippen LogP contribution in [0.15, 0.2) is 56.7 Å². The maximum atomic E-state index is 12.0. The highest BCUT2D eigenvalue weighted by Gasteiger charge is 2.11. The minimum absolute atomic E-state index is 0.224. The standard InChI is InChI=1S/C15H13N3O4/c19-13(16-8-10-4-3-7-22-10)9-18-12-6-2-1-5-11(12)17-14(20)15(18)21/h1-7H,8-9H2,(H,16,19)(H,17,20). The Morgan fingerprint density at radius 2 is 2.00 bits per heavy atom. The molecule has 0 saturated carbocycles. The van der Waals surface area contributed by atoms with Crippen LogP contribution in [0.25, 0.3) is 11.0 Å². The molecule has 0 unspecified atom stereocenters. The van der Waals surface area contributed by atoms with E-state index in [2.05, 4.69) is 10.3 Å². The van der Waals surface area contributed by atoms with Crippen LogP contribution < -0.4 is 16.4 Å². The summed E-state index contributed by atoms with van der Waals surface area (Å²) < 4.78 is 6.27. The van der Waals surface area contributed by atoms with E-state index in [9.17, 15) is 14.4 Å². The van der Waals surface area contributed by atoms with Crippen molar-refractivity contribution in [2.75, 3.05) is 0 Å². The number of H-pyrrole nitrogens is 1. The van der Waals surface area contributed by atoms with Gasteiger partial charge in [-0.1, -0.05) is 12.1 Å². The van der Waals surface area contributed by atoms with Gasteiger partial charge in [-0.3, -0.25) is 19.0 Å². The normalized spacial score (nSPS) is 10.7. The van der Waals surface area contributed by atoms with Crippen molar-refractivity contribution in [1.82, 2.24) is 14.9 Å². The minimum Gasteiger partial charge on any atom is -0.467 e. The van der Waals surface area contributed by atoms with Gasteiger partial charge in [-0.15, -0.1) is 0 Å². The minimum atomic E-state index is -0.758. The summed E-state index contributed by atoms with van der Waals surface area (Å²) in [5, 5.41) is 2.64. The van der Waals surface area contributed by atoms with E-state index < -0.39 is 11.1 Å². The Balaban J connectivity index is 1.87. The molecule has 3 rings (SSSR count). The zero-order chi connectivity index (χ0) is 15.5. The number of carbonyl (C=O) groups excluding carboxylic acids is 1. The summed E-state index contributed by atoms with van der Waals surface area (Å²) >= 11 is 0. The topological polar surface area (TPSA) is 97.1 Å². The fourth-order valence-electron chi connectivity index (χ4n) is 2.18. The number of para-hydroxylation sites is 2. The lowest BCUT2D eigenvalue weighted by molar-refractivity contribution is -0.121. The van der Waals surface area contributed by atoms with Crippen LogP contribution in [-0.4, -0.2) is 15.5 Å². The Kier molecular flexibility index (Phi) is 3.61. The highest BCUT2D eigenvalue weighted by atomic mass is 16.3. The Morgan fingerprint density at radius 3 is 2.77 bits per heavy atom. The van der Waals surface area contributed by atoms with Gasteiger partial charge in [0.1, 0.15) is 12.3 Å². The third kappa shape index (κ3) is 2.69. The monoisotopic (exact) mass is 299 g/mol. The first-order valence-corrected chi connectivity index (χ1v) is 6.66. The summed E-state index contributed by atoms with van der Waals surface area (Å²) in [7, 11) is 0. The molecule has 3 aromatic rings.